The first-order chi connectivity index (χ1) is 11.0. The van der Waals surface area contributed by atoms with Gasteiger partial charge in [-0.1, -0.05) is 41.4 Å². The summed E-state index contributed by atoms with van der Waals surface area (Å²) in [6, 6.07) is 10.4. The Morgan fingerprint density at radius 2 is 1.83 bits per heavy atom. The molecule has 0 aliphatic carbocycles. The number of nitrogens with zero attached hydrogens (tertiary/aromatic N) is 1. The van der Waals surface area contributed by atoms with Crippen LogP contribution in [0.5, 0.6) is 5.75 Å². The fraction of sp³-hybridized carbons (Fsp3) is 0.250. The van der Waals surface area contributed by atoms with E-state index in [0.717, 1.165) is 18.4 Å². The molecule has 0 spiro atoms. The van der Waals surface area contributed by atoms with E-state index >= 15 is 0 Å². The van der Waals surface area contributed by atoms with Crippen LogP contribution in [0.4, 0.5) is 5.69 Å². The monoisotopic (exact) mass is 371 g/mol. The second-order valence-corrected chi connectivity index (χ2v) is 7.79. The molecule has 0 N–H and O–H groups in total. The molecule has 1 aliphatic heterocycles. The average molecular weight is 372 g/mol. The molecule has 0 unspecified atom stereocenters. The van der Waals surface area contributed by atoms with E-state index in [4.69, 9.17) is 27.9 Å². The third-order valence-corrected chi connectivity index (χ3v) is 6.70. The van der Waals surface area contributed by atoms with Gasteiger partial charge in [0.1, 0.15) is 15.7 Å². The molecule has 0 atom stereocenters. The van der Waals surface area contributed by atoms with E-state index in [1.165, 1.54) is 23.5 Å². The number of para-hydroxylation sites is 1. The normalized spacial score (nSPS) is 14.5. The summed E-state index contributed by atoms with van der Waals surface area (Å²) in [5.74, 6) is 0.342. The number of methoxy groups -OCH3 is 1. The molecule has 0 fully saturated rings. The molecule has 23 heavy (non-hydrogen) atoms. The first kappa shape index (κ1) is 16.4. The molecule has 0 saturated heterocycles. The molecule has 0 amide bonds. The van der Waals surface area contributed by atoms with E-state index in [-0.39, 0.29) is 14.9 Å². The molecule has 0 radical (unpaired) electrons. The van der Waals surface area contributed by atoms with Gasteiger partial charge in [0.25, 0.3) is 10.0 Å². The van der Waals surface area contributed by atoms with E-state index in [2.05, 4.69) is 0 Å². The van der Waals surface area contributed by atoms with Crippen molar-refractivity contribution in [2.75, 3.05) is 18.0 Å². The fourth-order valence-corrected chi connectivity index (χ4v) is 5.10. The summed E-state index contributed by atoms with van der Waals surface area (Å²) in [6.45, 7) is 0.416. The van der Waals surface area contributed by atoms with E-state index in [9.17, 15) is 8.42 Å². The van der Waals surface area contributed by atoms with Crippen LogP contribution in [0.25, 0.3) is 0 Å². The molecule has 2 aromatic rings. The first-order valence-electron chi connectivity index (χ1n) is 7.09. The lowest BCUT2D eigenvalue weighted by Crippen LogP contribution is -2.35. The summed E-state index contributed by atoms with van der Waals surface area (Å²) in [5.41, 5.74) is 1.71. The van der Waals surface area contributed by atoms with Gasteiger partial charge in [-0.15, -0.1) is 0 Å². The Bertz CT molecular complexity index is 852. The predicted molar refractivity (Wildman–Crippen MR) is 92.3 cm³/mol. The Morgan fingerprint density at radius 1 is 1.09 bits per heavy atom. The van der Waals surface area contributed by atoms with Crippen molar-refractivity contribution in [1.82, 2.24) is 0 Å². The topological polar surface area (TPSA) is 46.6 Å². The Kier molecular flexibility index (Phi) is 4.45. The summed E-state index contributed by atoms with van der Waals surface area (Å²) in [5, 5.41) is 0.0783. The molecule has 1 heterocycles. The molecular weight excluding hydrogens is 357 g/mol. The second kappa shape index (κ2) is 6.23. The molecule has 4 nitrogen and oxygen atoms in total. The van der Waals surface area contributed by atoms with Crippen molar-refractivity contribution >= 4 is 38.9 Å². The third-order valence-electron chi connectivity index (χ3n) is 3.87. The van der Waals surface area contributed by atoms with Gasteiger partial charge < -0.3 is 4.74 Å². The molecule has 1 aliphatic rings. The van der Waals surface area contributed by atoms with E-state index in [1.807, 2.05) is 24.3 Å². The molecule has 2 aromatic carbocycles. The quantitative estimate of drug-likeness (QED) is 0.814. The van der Waals surface area contributed by atoms with Crippen LogP contribution >= 0.6 is 23.2 Å². The van der Waals surface area contributed by atoms with Gasteiger partial charge in [-0.25, -0.2) is 8.42 Å². The molecule has 122 valence electrons. The number of rotatable bonds is 3. The maximum absolute atomic E-state index is 13.1. The smallest absolute Gasteiger partial charge is 0.265 e. The zero-order chi connectivity index (χ0) is 16.6. The number of sulfonamides is 1. The highest BCUT2D eigenvalue weighted by Crippen LogP contribution is 2.39. The summed E-state index contributed by atoms with van der Waals surface area (Å²) in [7, 11) is -2.34. The molecular formula is C16H15Cl2NO3S. The zero-order valence-electron chi connectivity index (χ0n) is 12.4. The van der Waals surface area contributed by atoms with E-state index < -0.39 is 10.0 Å². The maximum atomic E-state index is 13.1. The minimum Gasteiger partial charge on any atom is -0.495 e. The Labute approximate surface area is 145 Å². The number of ether oxygens (including phenoxy) is 1. The van der Waals surface area contributed by atoms with Crippen LogP contribution < -0.4 is 9.04 Å². The summed E-state index contributed by atoms with van der Waals surface area (Å²) in [4.78, 5) is -0.0123. The number of halogens is 2. The number of hydrogen-bond acceptors (Lipinski definition) is 3. The lowest BCUT2D eigenvalue weighted by molar-refractivity contribution is 0.414. The molecule has 3 rings (SSSR count). The highest BCUT2D eigenvalue weighted by Gasteiger charge is 2.31. The lowest BCUT2D eigenvalue weighted by atomic mass is 10.0. The van der Waals surface area contributed by atoms with Gasteiger partial charge in [0.2, 0.25) is 0 Å². The number of fused-ring (bicyclic) bond motifs is 1. The first-order valence-corrected chi connectivity index (χ1v) is 9.29. The van der Waals surface area contributed by atoms with Crippen molar-refractivity contribution < 1.29 is 13.2 Å². The van der Waals surface area contributed by atoms with Crippen molar-refractivity contribution in [3.63, 3.8) is 0 Å². The van der Waals surface area contributed by atoms with Gasteiger partial charge in [0, 0.05) is 6.54 Å². The third kappa shape index (κ3) is 2.77. The highest BCUT2D eigenvalue weighted by molar-refractivity contribution is 7.93. The van der Waals surface area contributed by atoms with Crippen molar-refractivity contribution in [3.8, 4) is 5.75 Å². The predicted octanol–water partition coefficient (Wildman–Crippen LogP) is 4.14. The average Bonchev–Trinajstić information content (AvgIpc) is 2.56. The van der Waals surface area contributed by atoms with Crippen LogP contribution in [0, 0.1) is 0 Å². The van der Waals surface area contributed by atoms with Gasteiger partial charge in [-0.3, -0.25) is 4.31 Å². The van der Waals surface area contributed by atoms with Crippen LogP contribution in [0.1, 0.15) is 12.0 Å². The van der Waals surface area contributed by atoms with Crippen LogP contribution in [-0.2, 0) is 16.4 Å². The molecule has 0 bridgehead atoms. The van der Waals surface area contributed by atoms with Gasteiger partial charge >= 0.3 is 0 Å². The fourth-order valence-electron chi connectivity index (χ4n) is 2.74. The second-order valence-electron chi connectivity index (χ2n) is 5.20. The van der Waals surface area contributed by atoms with E-state index in [0.29, 0.717) is 18.0 Å². The van der Waals surface area contributed by atoms with Crippen LogP contribution in [-0.4, -0.2) is 22.1 Å². The Morgan fingerprint density at radius 3 is 2.57 bits per heavy atom. The van der Waals surface area contributed by atoms with Crippen molar-refractivity contribution in [2.24, 2.45) is 0 Å². The van der Waals surface area contributed by atoms with Crippen molar-refractivity contribution in [2.45, 2.75) is 17.7 Å². The Balaban J connectivity index is 2.12. The SMILES string of the molecule is COc1ccc(S(=O)(=O)N2CCCc3ccccc32)c(Cl)c1Cl. The largest absolute Gasteiger partial charge is 0.495 e. The number of aryl methyl sites for hydroxylation is 1. The van der Waals surface area contributed by atoms with Crippen LogP contribution in [0.3, 0.4) is 0 Å². The minimum absolute atomic E-state index is 0.0123. The van der Waals surface area contributed by atoms with E-state index in [1.54, 1.807) is 0 Å². The standard InChI is InChI=1S/C16H15Cl2NO3S/c1-22-13-8-9-14(16(18)15(13)17)23(20,21)19-10-4-6-11-5-2-3-7-12(11)19/h2-3,5,7-9H,4,6,10H2,1H3. The lowest BCUT2D eigenvalue weighted by Gasteiger charge is -2.30. The van der Waals surface area contributed by atoms with Gasteiger partial charge in [0.15, 0.2) is 0 Å². The van der Waals surface area contributed by atoms with Crippen molar-refractivity contribution in [1.29, 1.82) is 0 Å². The zero-order valence-corrected chi connectivity index (χ0v) is 14.7. The summed E-state index contributed by atoms with van der Waals surface area (Å²) >= 11 is 12.3. The number of anilines is 1. The Hall–Kier alpha value is -1.43. The maximum Gasteiger partial charge on any atom is 0.265 e. The van der Waals surface area contributed by atoms with Crippen LogP contribution in [0.15, 0.2) is 41.3 Å². The van der Waals surface area contributed by atoms with Gasteiger partial charge in [-0.2, -0.15) is 0 Å². The van der Waals surface area contributed by atoms with Crippen molar-refractivity contribution in [3.05, 3.63) is 52.0 Å². The number of benzene rings is 2. The minimum atomic E-state index is -3.79. The van der Waals surface area contributed by atoms with Gasteiger partial charge in [-0.05, 0) is 36.6 Å². The molecule has 0 aromatic heterocycles. The summed E-state index contributed by atoms with van der Waals surface area (Å²) in [6.07, 6.45) is 1.62. The highest BCUT2D eigenvalue weighted by atomic mass is 35.5. The molecule has 0 saturated carbocycles. The molecule has 7 heteroatoms. The summed E-state index contributed by atoms with van der Waals surface area (Å²) < 4.78 is 32.6. The van der Waals surface area contributed by atoms with Crippen LogP contribution in [0.2, 0.25) is 10.0 Å². The van der Waals surface area contributed by atoms with Gasteiger partial charge in [0.05, 0.1) is 17.8 Å². The number of hydrogen-bond donors (Lipinski definition) is 0.